The van der Waals surface area contributed by atoms with Gasteiger partial charge in [-0.3, -0.25) is 14.5 Å². The maximum Gasteiger partial charge on any atom is 0.326 e. The summed E-state index contributed by atoms with van der Waals surface area (Å²) < 4.78 is 0. The summed E-state index contributed by atoms with van der Waals surface area (Å²) in [5.74, 6) is -0.358. The van der Waals surface area contributed by atoms with Crippen LogP contribution in [0.1, 0.15) is 19.3 Å². The number of hydrogen-bond donors (Lipinski definition) is 0. The predicted octanol–water partition coefficient (Wildman–Crippen LogP) is 1.61. The number of carbonyl (C=O) groups is 3. The van der Waals surface area contributed by atoms with E-state index in [2.05, 4.69) is 0 Å². The number of amides is 4. The number of anilines is 1. The quantitative estimate of drug-likeness (QED) is 0.712. The molecule has 1 aromatic carbocycles. The van der Waals surface area contributed by atoms with Gasteiger partial charge in [-0.15, -0.1) is 0 Å². The van der Waals surface area contributed by atoms with Crippen molar-refractivity contribution < 1.29 is 14.4 Å². The van der Waals surface area contributed by atoms with E-state index >= 15 is 0 Å². The highest BCUT2D eigenvalue weighted by Gasteiger charge is 2.33. The SMILES string of the molecule is CN1CC(=O)N(CCCC(=O)N(CCC#N)c2ccccc2)C1=O. The lowest BCUT2D eigenvalue weighted by molar-refractivity contribution is -0.126. The van der Waals surface area contributed by atoms with Crippen LogP contribution < -0.4 is 4.90 Å². The van der Waals surface area contributed by atoms with E-state index in [0.717, 1.165) is 5.69 Å². The molecule has 0 saturated carbocycles. The summed E-state index contributed by atoms with van der Waals surface area (Å²) in [6.45, 7) is 0.642. The Bertz CT molecular complexity index is 654. The molecule has 0 unspecified atom stereocenters. The zero-order chi connectivity index (χ0) is 17.5. The molecule has 0 aliphatic carbocycles. The Kier molecular flexibility index (Phi) is 5.90. The minimum Gasteiger partial charge on any atom is -0.318 e. The Morgan fingerprint density at radius 2 is 2.00 bits per heavy atom. The van der Waals surface area contributed by atoms with E-state index in [0.29, 0.717) is 13.0 Å². The Hall–Kier alpha value is -2.88. The number of rotatable bonds is 7. The largest absolute Gasteiger partial charge is 0.326 e. The average molecular weight is 328 g/mol. The van der Waals surface area contributed by atoms with Gasteiger partial charge in [-0.2, -0.15) is 5.26 Å². The van der Waals surface area contributed by atoms with Gasteiger partial charge in [0.25, 0.3) is 0 Å². The second-order valence-electron chi connectivity index (χ2n) is 5.58. The zero-order valence-corrected chi connectivity index (χ0v) is 13.6. The van der Waals surface area contributed by atoms with Crippen LogP contribution in [0.3, 0.4) is 0 Å². The van der Waals surface area contributed by atoms with Gasteiger partial charge in [0.2, 0.25) is 11.8 Å². The van der Waals surface area contributed by atoms with Gasteiger partial charge < -0.3 is 9.80 Å². The van der Waals surface area contributed by atoms with E-state index < -0.39 is 0 Å². The van der Waals surface area contributed by atoms with Crippen LogP contribution in [0.5, 0.6) is 0 Å². The molecule has 1 aliphatic rings. The number of benzene rings is 1. The van der Waals surface area contributed by atoms with Crippen LogP contribution in [0.25, 0.3) is 0 Å². The molecule has 7 nitrogen and oxygen atoms in total. The third kappa shape index (κ3) is 4.10. The summed E-state index contributed by atoms with van der Waals surface area (Å²) in [5, 5.41) is 8.77. The molecule has 0 bridgehead atoms. The summed E-state index contributed by atoms with van der Waals surface area (Å²) in [5.41, 5.74) is 0.741. The van der Waals surface area contributed by atoms with Crippen LogP contribution in [0.15, 0.2) is 30.3 Å². The molecule has 1 aromatic rings. The summed E-state index contributed by atoms with van der Waals surface area (Å²) in [6.07, 6.45) is 0.857. The molecule has 7 heteroatoms. The maximum absolute atomic E-state index is 12.5. The molecule has 0 radical (unpaired) electrons. The first-order chi connectivity index (χ1) is 11.5. The van der Waals surface area contributed by atoms with Gasteiger partial charge in [0.05, 0.1) is 12.5 Å². The van der Waals surface area contributed by atoms with Crippen LogP contribution in [0, 0.1) is 11.3 Å². The van der Waals surface area contributed by atoms with Gasteiger partial charge >= 0.3 is 6.03 Å². The van der Waals surface area contributed by atoms with Crippen LogP contribution in [-0.2, 0) is 9.59 Å². The van der Waals surface area contributed by atoms with E-state index in [1.807, 2.05) is 36.4 Å². The Balaban J connectivity index is 1.92. The first kappa shape index (κ1) is 17.5. The lowest BCUT2D eigenvalue weighted by Gasteiger charge is -2.22. The lowest BCUT2D eigenvalue weighted by atomic mass is 10.2. The number of likely N-dealkylation sites (N-methyl/N-ethyl adjacent to an activating group) is 1. The zero-order valence-electron chi connectivity index (χ0n) is 13.6. The summed E-state index contributed by atoms with van der Waals surface area (Å²) >= 11 is 0. The normalized spacial score (nSPS) is 14.0. The van der Waals surface area contributed by atoms with Crippen molar-refractivity contribution >= 4 is 23.5 Å². The lowest BCUT2D eigenvalue weighted by Crippen LogP contribution is -2.35. The van der Waals surface area contributed by atoms with Crippen LogP contribution in [0.2, 0.25) is 0 Å². The van der Waals surface area contributed by atoms with Crippen molar-refractivity contribution in [1.29, 1.82) is 5.26 Å². The highest BCUT2D eigenvalue weighted by atomic mass is 16.2. The molecule has 1 fully saturated rings. The van der Waals surface area contributed by atoms with E-state index in [9.17, 15) is 14.4 Å². The number of nitrogens with zero attached hydrogens (tertiary/aromatic N) is 4. The molecular formula is C17H20N4O3. The minimum absolute atomic E-state index is 0.0884. The first-order valence-electron chi connectivity index (χ1n) is 7.82. The van der Waals surface area contributed by atoms with Crippen molar-refractivity contribution in [2.24, 2.45) is 0 Å². The highest BCUT2D eigenvalue weighted by molar-refractivity contribution is 6.01. The summed E-state index contributed by atoms with van der Waals surface area (Å²) in [6, 6.07) is 10.9. The van der Waals surface area contributed by atoms with Crippen LogP contribution in [0.4, 0.5) is 10.5 Å². The molecular weight excluding hydrogens is 308 g/mol. The number of urea groups is 1. The van der Waals surface area contributed by atoms with Crippen molar-refractivity contribution in [1.82, 2.24) is 9.80 Å². The standard InChI is InChI=1S/C17H20N4O3/c1-19-13-16(23)21(17(19)24)11-5-9-15(22)20(12-6-10-18)14-7-3-2-4-8-14/h2-4,7-8H,5-6,9,11-13H2,1H3. The molecule has 0 N–H and O–H groups in total. The fraction of sp³-hybridized carbons (Fsp3) is 0.412. The number of imide groups is 1. The van der Waals surface area contributed by atoms with Crippen molar-refractivity contribution in [2.45, 2.75) is 19.3 Å². The van der Waals surface area contributed by atoms with Gasteiger partial charge in [-0.25, -0.2) is 4.79 Å². The third-order valence-corrected chi connectivity index (χ3v) is 3.82. The van der Waals surface area contributed by atoms with Gasteiger partial charge in [-0.05, 0) is 18.6 Å². The van der Waals surface area contributed by atoms with E-state index in [1.54, 1.807) is 11.9 Å². The Labute approximate surface area is 141 Å². The average Bonchev–Trinajstić information content (AvgIpc) is 2.82. The topological polar surface area (TPSA) is 84.7 Å². The van der Waals surface area contributed by atoms with Gasteiger partial charge in [-0.1, -0.05) is 18.2 Å². The molecule has 0 aromatic heterocycles. The summed E-state index contributed by atoms with van der Waals surface area (Å²) in [4.78, 5) is 40.1. The van der Waals surface area contributed by atoms with Gasteiger partial charge in [0.1, 0.15) is 6.54 Å². The number of nitriles is 1. The molecule has 24 heavy (non-hydrogen) atoms. The third-order valence-electron chi connectivity index (χ3n) is 3.82. The van der Waals surface area contributed by atoms with Gasteiger partial charge in [0.15, 0.2) is 0 Å². The highest BCUT2D eigenvalue weighted by Crippen LogP contribution is 2.16. The Morgan fingerprint density at radius 3 is 2.58 bits per heavy atom. The molecule has 1 heterocycles. The van der Waals surface area contributed by atoms with Crippen LogP contribution >= 0.6 is 0 Å². The van der Waals surface area contributed by atoms with Crippen LogP contribution in [-0.4, -0.2) is 54.3 Å². The number of para-hydroxylation sites is 1. The molecule has 0 atom stereocenters. The van der Waals surface area contributed by atoms with Crippen molar-refractivity contribution in [3.05, 3.63) is 30.3 Å². The fourth-order valence-electron chi connectivity index (χ4n) is 2.58. The first-order valence-corrected chi connectivity index (χ1v) is 7.82. The smallest absolute Gasteiger partial charge is 0.318 e. The maximum atomic E-state index is 12.5. The van der Waals surface area contributed by atoms with Gasteiger partial charge in [0, 0.05) is 32.2 Å². The molecule has 126 valence electrons. The molecule has 2 rings (SSSR count). The molecule has 1 aliphatic heterocycles. The van der Waals surface area contributed by atoms with E-state index in [-0.39, 0.29) is 43.8 Å². The van der Waals surface area contributed by atoms with E-state index in [1.165, 1.54) is 9.80 Å². The fourth-order valence-corrected chi connectivity index (χ4v) is 2.58. The van der Waals surface area contributed by atoms with Crippen molar-refractivity contribution in [3.63, 3.8) is 0 Å². The molecule has 1 saturated heterocycles. The minimum atomic E-state index is -0.322. The monoisotopic (exact) mass is 328 g/mol. The number of carbonyl (C=O) groups excluding carboxylic acids is 3. The second-order valence-corrected chi connectivity index (χ2v) is 5.58. The number of hydrogen-bond acceptors (Lipinski definition) is 4. The van der Waals surface area contributed by atoms with Crippen molar-refractivity contribution in [3.8, 4) is 6.07 Å². The summed E-state index contributed by atoms with van der Waals surface area (Å²) in [7, 11) is 1.57. The molecule has 0 spiro atoms. The predicted molar refractivity (Wildman–Crippen MR) is 88.0 cm³/mol. The van der Waals surface area contributed by atoms with Crippen molar-refractivity contribution in [2.75, 3.05) is 31.6 Å². The molecule has 4 amide bonds. The van der Waals surface area contributed by atoms with E-state index in [4.69, 9.17) is 5.26 Å². The Morgan fingerprint density at radius 1 is 1.29 bits per heavy atom. The second kappa shape index (κ2) is 8.11.